The first-order valence-electron chi connectivity index (χ1n) is 5.23. The number of nitrogens with zero attached hydrogens (tertiary/aromatic N) is 1. The minimum atomic E-state index is -5.34. The number of hydrogen-bond donors (Lipinski definition) is 3. The van der Waals surface area contributed by atoms with Crippen LogP contribution in [0.25, 0.3) is 0 Å². The third-order valence-electron chi connectivity index (χ3n) is 2.84. The molecule has 1 aromatic rings. The highest BCUT2D eigenvalue weighted by Gasteiger charge is 2.66. The second-order valence-corrected chi connectivity index (χ2v) is 4.43. The lowest BCUT2D eigenvalue weighted by Gasteiger charge is -2.22. The Hall–Kier alpha value is -1.94. The van der Waals surface area contributed by atoms with E-state index in [2.05, 4.69) is 6.58 Å². The SMILES string of the molecule is C=CCn1c2c(c(=O)[nH]c1=S)[C@](O)(C(F)(F)F)C(=O)N2. The number of allylic oxidation sites excluding steroid dienone is 1. The quantitative estimate of drug-likeness (QED) is 0.557. The van der Waals surface area contributed by atoms with E-state index < -0.39 is 34.6 Å². The lowest BCUT2D eigenvalue weighted by Crippen LogP contribution is -2.50. The second kappa shape index (κ2) is 4.28. The average Bonchev–Trinajstić information content (AvgIpc) is 2.58. The predicted molar refractivity (Wildman–Crippen MR) is 64.7 cm³/mol. The maximum absolute atomic E-state index is 13.0. The Kier molecular flexibility index (Phi) is 3.10. The topological polar surface area (TPSA) is 87.1 Å². The Labute approximate surface area is 114 Å². The molecule has 20 heavy (non-hydrogen) atoms. The molecule has 1 atom stereocenters. The van der Waals surface area contributed by atoms with Crippen LogP contribution in [0.1, 0.15) is 5.56 Å². The molecule has 3 N–H and O–H groups in total. The van der Waals surface area contributed by atoms with Crippen LogP contribution in [0.4, 0.5) is 19.0 Å². The van der Waals surface area contributed by atoms with E-state index in [9.17, 15) is 27.9 Å². The third-order valence-corrected chi connectivity index (χ3v) is 3.17. The smallest absolute Gasteiger partial charge is 0.368 e. The molecule has 0 fully saturated rings. The summed E-state index contributed by atoms with van der Waals surface area (Å²) in [6.07, 6.45) is -4.03. The van der Waals surface area contributed by atoms with Crippen molar-refractivity contribution in [2.24, 2.45) is 0 Å². The Balaban J connectivity index is 2.88. The Morgan fingerprint density at radius 1 is 1.45 bits per heavy atom. The lowest BCUT2D eigenvalue weighted by molar-refractivity contribution is -0.252. The molecule has 0 radical (unpaired) electrons. The van der Waals surface area contributed by atoms with Crippen LogP contribution in [0, 0.1) is 4.77 Å². The average molecular weight is 307 g/mol. The maximum Gasteiger partial charge on any atom is 0.431 e. The van der Waals surface area contributed by atoms with Gasteiger partial charge in [0.2, 0.25) is 0 Å². The van der Waals surface area contributed by atoms with Crippen molar-refractivity contribution in [1.29, 1.82) is 0 Å². The van der Waals surface area contributed by atoms with Gasteiger partial charge in [-0.1, -0.05) is 6.08 Å². The minimum Gasteiger partial charge on any atom is -0.368 e. The fraction of sp³-hybridized carbons (Fsp3) is 0.300. The summed E-state index contributed by atoms with van der Waals surface area (Å²) in [7, 11) is 0. The molecule has 0 bridgehead atoms. The first-order valence-corrected chi connectivity index (χ1v) is 5.64. The lowest BCUT2D eigenvalue weighted by atomic mass is 9.97. The molecule has 10 heteroatoms. The number of amides is 1. The van der Waals surface area contributed by atoms with Crippen LogP contribution >= 0.6 is 12.2 Å². The monoisotopic (exact) mass is 307 g/mol. The number of rotatable bonds is 2. The van der Waals surface area contributed by atoms with E-state index in [1.165, 1.54) is 6.08 Å². The highest BCUT2D eigenvalue weighted by molar-refractivity contribution is 7.71. The number of fused-ring (bicyclic) bond motifs is 1. The highest BCUT2D eigenvalue weighted by atomic mass is 32.1. The fourth-order valence-corrected chi connectivity index (χ4v) is 2.18. The number of hydrogen-bond acceptors (Lipinski definition) is 4. The van der Waals surface area contributed by atoms with Crippen molar-refractivity contribution in [2.45, 2.75) is 18.3 Å². The molecule has 1 aliphatic rings. The molecule has 0 aliphatic carbocycles. The van der Waals surface area contributed by atoms with E-state index in [0.717, 1.165) is 4.57 Å². The van der Waals surface area contributed by atoms with Crippen LogP contribution in [0.2, 0.25) is 0 Å². The number of halogens is 3. The summed E-state index contributed by atoms with van der Waals surface area (Å²) in [6.45, 7) is 3.34. The van der Waals surface area contributed by atoms with Gasteiger partial charge in [-0.25, -0.2) is 0 Å². The Morgan fingerprint density at radius 2 is 2.05 bits per heavy atom. The fourth-order valence-electron chi connectivity index (χ4n) is 1.92. The van der Waals surface area contributed by atoms with Gasteiger partial charge in [-0.2, -0.15) is 13.2 Å². The molecule has 6 nitrogen and oxygen atoms in total. The summed E-state index contributed by atoms with van der Waals surface area (Å²) in [6, 6.07) is 0. The number of H-pyrrole nitrogens is 1. The van der Waals surface area contributed by atoms with Gasteiger partial charge in [-0.05, 0) is 12.2 Å². The predicted octanol–water partition coefficient (Wildman–Crippen LogP) is 0.794. The van der Waals surface area contributed by atoms with Gasteiger partial charge in [-0.3, -0.25) is 14.6 Å². The molecule has 0 saturated carbocycles. The molecule has 108 valence electrons. The van der Waals surface area contributed by atoms with Gasteiger partial charge >= 0.3 is 6.18 Å². The highest BCUT2D eigenvalue weighted by Crippen LogP contribution is 2.44. The van der Waals surface area contributed by atoms with Crippen molar-refractivity contribution in [2.75, 3.05) is 5.32 Å². The molecule has 1 aromatic heterocycles. The van der Waals surface area contributed by atoms with Gasteiger partial charge in [0.25, 0.3) is 17.1 Å². The molecule has 0 aromatic carbocycles. The number of aromatic amines is 1. The molecule has 2 heterocycles. The number of nitrogens with one attached hydrogen (secondary N) is 2. The molecule has 1 amide bonds. The molecule has 2 rings (SSSR count). The van der Waals surface area contributed by atoms with Crippen molar-refractivity contribution in [3.8, 4) is 0 Å². The number of aliphatic hydroxyl groups is 1. The summed E-state index contributed by atoms with van der Waals surface area (Å²) in [5, 5.41) is 11.5. The van der Waals surface area contributed by atoms with E-state index in [4.69, 9.17) is 12.2 Å². The van der Waals surface area contributed by atoms with Crippen LogP contribution in [0.3, 0.4) is 0 Å². The maximum atomic E-state index is 13.0. The van der Waals surface area contributed by atoms with Crippen LogP contribution in [-0.4, -0.2) is 26.7 Å². The zero-order valence-corrected chi connectivity index (χ0v) is 10.6. The normalized spacial score (nSPS) is 21.5. The van der Waals surface area contributed by atoms with Crippen LogP contribution < -0.4 is 10.9 Å². The van der Waals surface area contributed by atoms with Gasteiger partial charge in [0.15, 0.2) is 4.77 Å². The number of carbonyl (C=O) groups excluding carboxylic acids is 1. The number of alkyl halides is 3. The molecule has 1 aliphatic heterocycles. The van der Waals surface area contributed by atoms with Crippen LogP contribution in [0.15, 0.2) is 17.4 Å². The van der Waals surface area contributed by atoms with E-state index in [1.54, 1.807) is 0 Å². The zero-order chi connectivity index (χ0) is 15.3. The second-order valence-electron chi connectivity index (χ2n) is 4.04. The van der Waals surface area contributed by atoms with E-state index in [1.807, 2.05) is 10.3 Å². The Bertz CT molecular complexity index is 721. The van der Waals surface area contributed by atoms with Crippen molar-refractivity contribution >= 4 is 23.9 Å². The van der Waals surface area contributed by atoms with Gasteiger partial charge in [0.05, 0.1) is 0 Å². The van der Waals surface area contributed by atoms with Crippen molar-refractivity contribution in [1.82, 2.24) is 9.55 Å². The largest absolute Gasteiger partial charge is 0.431 e. The zero-order valence-electron chi connectivity index (χ0n) is 9.74. The Morgan fingerprint density at radius 3 is 2.55 bits per heavy atom. The van der Waals surface area contributed by atoms with E-state index in [-0.39, 0.29) is 11.3 Å². The van der Waals surface area contributed by atoms with Gasteiger partial charge in [0.1, 0.15) is 11.4 Å². The van der Waals surface area contributed by atoms with E-state index >= 15 is 0 Å². The first-order chi connectivity index (χ1) is 9.14. The summed E-state index contributed by atoms with van der Waals surface area (Å²) < 4.78 is 39.7. The number of aromatic nitrogens is 2. The minimum absolute atomic E-state index is 0.0494. The van der Waals surface area contributed by atoms with Crippen molar-refractivity contribution < 1.29 is 23.1 Å². The number of carbonyl (C=O) groups is 1. The molecule has 0 unspecified atom stereocenters. The first kappa shape index (κ1) is 14.5. The summed E-state index contributed by atoms with van der Waals surface area (Å²) in [5.41, 5.74) is -6.30. The molecular weight excluding hydrogens is 299 g/mol. The van der Waals surface area contributed by atoms with E-state index in [0.29, 0.717) is 0 Å². The molecule has 0 spiro atoms. The molecular formula is C10H8F3N3O3S. The van der Waals surface area contributed by atoms with Crippen molar-refractivity contribution in [3.05, 3.63) is 33.3 Å². The van der Waals surface area contributed by atoms with Gasteiger partial charge in [-0.15, -0.1) is 6.58 Å². The summed E-state index contributed by atoms with van der Waals surface area (Å²) >= 11 is 4.80. The third kappa shape index (κ3) is 1.72. The van der Waals surface area contributed by atoms with Crippen molar-refractivity contribution in [3.63, 3.8) is 0 Å². The standard InChI is InChI=1S/C10H8F3N3O3S/c1-2-3-16-5-4(6(17)15-8(16)20)9(19,7(18)14-5)10(11,12)13/h2,19H,1,3H2,(H,14,18)(H,15,17,20)/t9-/m1/s1. The summed E-state index contributed by atoms with van der Waals surface area (Å²) in [5.74, 6) is -2.23. The molecule has 0 saturated heterocycles. The van der Waals surface area contributed by atoms with Crippen LogP contribution in [0.5, 0.6) is 0 Å². The summed E-state index contributed by atoms with van der Waals surface area (Å²) in [4.78, 5) is 25.2. The number of anilines is 1. The van der Waals surface area contributed by atoms with Crippen LogP contribution in [-0.2, 0) is 16.9 Å². The van der Waals surface area contributed by atoms with Gasteiger partial charge < -0.3 is 15.0 Å². The van der Waals surface area contributed by atoms with Gasteiger partial charge in [0, 0.05) is 6.54 Å².